The van der Waals surface area contributed by atoms with Crippen LogP contribution in [0.2, 0.25) is 0 Å². The van der Waals surface area contributed by atoms with Gasteiger partial charge in [0.2, 0.25) is 5.88 Å². The molecule has 2 aromatic rings. The third-order valence-electron chi connectivity index (χ3n) is 2.49. The second-order valence-corrected chi connectivity index (χ2v) is 3.78. The average Bonchev–Trinajstić information content (AvgIpc) is 2.45. The summed E-state index contributed by atoms with van der Waals surface area (Å²) in [5.41, 5.74) is 1.71. The molecule has 0 unspecified atom stereocenters. The zero-order chi connectivity index (χ0) is 12.6. The summed E-state index contributed by atoms with van der Waals surface area (Å²) in [5, 5.41) is 8.88. The van der Waals surface area contributed by atoms with E-state index in [1.54, 1.807) is 30.7 Å². The molecule has 0 aliphatic carbocycles. The number of rotatable bonds is 5. The van der Waals surface area contributed by atoms with Gasteiger partial charge >= 0.3 is 0 Å². The summed E-state index contributed by atoms with van der Waals surface area (Å²) >= 11 is 0. The quantitative estimate of drug-likeness (QED) is 0.751. The molecular formula is C14H13N3O. The maximum absolute atomic E-state index is 8.88. The summed E-state index contributed by atoms with van der Waals surface area (Å²) < 4.78 is 5.50. The van der Waals surface area contributed by atoms with Crippen molar-refractivity contribution < 1.29 is 4.74 Å². The molecule has 90 valence electrons. The van der Waals surface area contributed by atoms with Crippen molar-refractivity contribution in [3.05, 3.63) is 54.0 Å². The van der Waals surface area contributed by atoms with Gasteiger partial charge in [0, 0.05) is 18.6 Å². The van der Waals surface area contributed by atoms with Crippen molar-refractivity contribution in [3.8, 4) is 11.9 Å². The molecule has 0 atom stereocenters. The Morgan fingerprint density at radius 2 is 2.00 bits per heavy atom. The molecule has 0 amide bonds. The van der Waals surface area contributed by atoms with E-state index in [0.29, 0.717) is 18.1 Å². The molecule has 0 saturated carbocycles. The van der Waals surface area contributed by atoms with E-state index in [9.17, 15) is 0 Å². The van der Waals surface area contributed by atoms with E-state index >= 15 is 0 Å². The molecule has 0 aliphatic heterocycles. The summed E-state index contributed by atoms with van der Waals surface area (Å²) in [6.07, 6.45) is 6.99. The van der Waals surface area contributed by atoms with Gasteiger partial charge in [-0.3, -0.25) is 4.98 Å². The number of ether oxygens (including phenoxy) is 1. The average molecular weight is 239 g/mol. The van der Waals surface area contributed by atoms with E-state index in [1.807, 2.05) is 12.1 Å². The lowest BCUT2D eigenvalue weighted by Gasteiger charge is -2.06. The number of hydrogen-bond acceptors (Lipinski definition) is 4. The van der Waals surface area contributed by atoms with Crippen molar-refractivity contribution in [2.24, 2.45) is 0 Å². The number of nitriles is 1. The zero-order valence-electron chi connectivity index (χ0n) is 9.91. The molecule has 0 fully saturated rings. The Morgan fingerprint density at radius 3 is 2.78 bits per heavy atom. The Balaban J connectivity index is 1.81. The van der Waals surface area contributed by atoms with Gasteiger partial charge in [-0.25, -0.2) is 4.98 Å². The highest BCUT2D eigenvalue weighted by Gasteiger charge is 2.02. The fraction of sp³-hybridized carbons (Fsp3) is 0.214. The first-order valence-electron chi connectivity index (χ1n) is 5.77. The van der Waals surface area contributed by atoms with Gasteiger partial charge in [0.1, 0.15) is 11.6 Å². The Bertz CT molecular complexity index is 534. The molecule has 2 rings (SSSR count). The monoisotopic (exact) mass is 239 g/mol. The predicted molar refractivity (Wildman–Crippen MR) is 67.0 cm³/mol. The van der Waals surface area contributed by atoms with Crippen molar-refractivity contribution in [1.82, 2.24) is 9.97 Å². The molecular weight excluding hydrogens is 226 g/mol. The van der Waals surface area contributed by atoms with Crippen LogP contribution < -0.4 is 4.74 Å². The first kappa shape index (κ1) is 12.1. The minimum atomic E-state index is 0.412. The first-order valence-corrected chi connectivity index (χ1v) is 5.77. The van der Waals surface area contributed by atoms with Gasteiger partial charge in [-0.2, -0.15) is 5.26 Å². The van der Waals surface area contributed by atoms with Crippen molar-refractivity contribution in [3.63, 3.8) is 0 Å². The second-order valence-electron chi connectivity index (χ2n) is 3.78. The smallest absolute Gasteiger partial charge is 0.231 e. The zero-order valence-corrected chi connectivity index (χ0v) is 9.91. The predicted octanol–water partition coefficient (Wildman–Crippen LogP) is 2.36. The summed E-state index contributed by atoms with van der Waals surface area (Å²) in [6.45, 7) is 0.550. The molecule has 2 aromatic heterocycles. The lowest BCUT2D eigenvalue weighted by molar-refractivity contribution is 0.298. The number of pyridine rings is 2. The van der Waals surface area contributed by atoms with Gasteiger partial charge in [0.05, 0.1) is 6.61 Å². The van der Waals surface area contributed by atoms with E-state index < -0.39 is 0 Å². The van der Waals surface area contributed by atoms with Crippen LogP contribution in [0.5, 0.6) is 5.88 Å². The van der Waals surface area contributed by atoms with Crippen LogP contribution >= 0.6 is 0 Å². The van der Waals surface area contributed by atoms with Crippen LogP contribution in [0.15, 0.2) is 42.9 Å². The molecule has 4 nitrogen and oxygen atoms in total. The van der Waals surface area contributed by atoms with Gasteiger partial charge < -0.3 is 4.74 Å². The van der Waals surface area contributed by atoms with Crippen LogP contribution in [-0.4, -0.2) is 16.6 Å². The molecule has 18 heavy (non-hydrogen) atoms. The Morgan fingerprint density at radius 1 is 1.17 bits per heavy atom. The summed E-state index contributed by atoms with van der Waals surface area (Å²) in [4.78, 5) is 8.01. The summed E-state index contributed by atoms with van der Waals surface area (Å²) in [5.74, 6) is 0.412. The van der Waals surface area contributed by atoms with Crippen LogP contribution in [0, 0.1) is 11.3 Å². The number of hydrogen-bond donors (Lipinski definition) is 0. The molecule has 0 aliphatic rings. The molecule has 4 heteroatoms. The molecule has 0 bridgehead atoms. The van der Waals surface area contributed by atoms with E-state index in [0.717, 1.165) is 12.8 Å². The van der Waals surface area contributed by atoms with Gasteiger partial charge in [0.15, 0.2) is 0 Å². The van der Waals surface area contributed by atoms with Crippen molar-refractivity contribution >= 4 is 0 Å². The Kier molecular flexibility index (Phi) is 4.26. The van der Waals surface area contributed by atoms with E-state index in [1.165, 1.54) is 5.56 Å². The van der Waals surface area contributed by atoms with Crippen LogP contribution in [0.25, 0.3) is 0 Å². The largest absolute Gasteiger partial charge is 0.477 e. The number of aromatic nitrogens is 2. The molecule has 0 N–H and O–H groups in total. The number of nitrogens with zero attached hydrogens (tertiary/aromatic N) is 3. The second kappa shape index (κ2) is 6.36. The van der Waals surface area contributed by atoms with Gasteiger partial charge in [-0.1, -0.05) is 0 Å². The summed E-state index contributed by atoms with van der Waals surface area (Å²) in [6, 6.07) is 9.46. The Hall–Kier alpha value is -2.41. The fourth-order valence-electron chi connectivity index (χ4n) is 1.59. The van der Waals surface area contributed by atoms with Crippen molar-refractivity contribution in [1.29, 1.82) is 5.26 Å². The van der Waals surface area contributed by atoms with Gasteiger partial charge in [0.25, 0.3) is 0 Å². The van der Waals surface area contributed by atoms with Crippen molar-refractivity contribution in [2.45, 2.75) is 12.8 Å². The maximum atomic E-state index is 8.88. The first-order chi connectivity index (χ1) is 8.90. The van der Waals surface area contributed by atoms with Crippen LogP contribution in [-0.2, 0) is 6.42 Å². The van der Waals surface area contributed by atoms with Gasteiger partial charge in [-0.05, 0) is 42.7 Å². The van der Waals surface area contributed by atoms with E-state index in [2.05, 4.69) is 16.0 Å². The normalized spacial score (nSPS) is 9.72. The minimum absolute atomic E-state index is 0.412. The molecule has 0 spiro atoms. The maximum Gasteiger partial charge on any atom is 0.231 e. The van der Waals surface area contributed by atoms with Crippen LogP contribution in [0.1, 0.15) is 17.5 Å². The van der Waals surface area contributed by atoms with Gasteiger partial charge in [-0.15, -0.1) is 0 Å². The minimum Gasteiger partial charge on any atom is -0.477 e. The highest BCUT2D eigenvalue weighted by atomic mass is 16.5. The third-order valence-corrected chi connectivity index (χ3v) is 2.49. The lowest BCUT2D eigenvalue weighted by Crippen LogP contribution is -2.02. The highest BCUT2D eigenvalue weighted by Crippen LogP contribution is 2.13. The van der Waals surface area contributed by atoms with E-state index in [4.69, 9.17) is 10.00 Å². The fourth-order valence-corrected chi connectivity index (χ4v) is 1.59. The highest BCUT2D eigenvalue weighted by molar-refractivity contribution is 5.36. The number of aryl methyl sites for hydroxylation is 1. The standard InChI is InChI=1S/C14H13N3O/c15-11-13-4-1-7-17-14(13)18-10-2-3-12-5-8-16-9-6-12/h1,4-9H,2-3,10H2. The third kappa shape index (κ3) is 3.29. The molecule has 0 radical (unpaired) electrons. The topological polar surface area (TPSA) is 58.8 Å². The van der Waals surface area contributed by atoms with E-state index in [-0.39, 0.29) is 0 Å². The van der Waals surface area contributed by atoms with Crippen molar-refractivity contribution in [2.75, 3.05) is 6.61 Å². The molecule has 0 aromatic carbocycles. The molecule has 2 heterocycles. The summed E-state index contributed by atoms with van der Waals surface area (Å²) in [7, 11) is 0. The van der Waals surface area contributed by atoms with Crippen LogP contribution in [0.3, 0.4) is 0 Å². The SMILES string of the molecule is N#Cc1cccnc1OCCCc1ccncc1. The molecule has 0 saturated heterocycles. The van der Waals surface area contributed by atoms with Crippen LogP contribution in [0.4, 0.5) is 0 Å². The Labute approximate surface area is 106 Å². The lowest BCUT2D eigenvalue weighted by atomic mass is 10.1.